The summed E-state index contributed by atoms with van der Waals surface area (Å²) in [6, 6.07) is 6.19. The molecule has 0 atom stereocenters. The molecule has 0 aliphatic carbocycles. The Morgan fingerprint density at radius 1 is 1.32 bits per heavy atom. The minimum Gasteiger partial charge on any atom is -0.383 e. The van der Waals surface area contributed by atoms with Gasteiger partial charge in [-0.05, 0) is 25.0 Å². The van der Waals surface area contributed by atoms with Crippen LogP contribution in [0, 0.1) is 13.8 Å². The fraction of sp³-hybridized carbons (Fsp3) is 0.533. The van der Waals surface area contributed by atoms with E-state index in [0.717, 1.165) is 11.1 Å². The molecule has 4 heteroatoms. The Morgan fingerprint density at radius 2 is 2.05 bits per heavy atom. The lowest BCUT2D eigenvalue weighted by Gasteiger charge is -2.22. The summed E-state index contributed by atoms with van der Waals surface area (Å²) in [5, 5.41) is 0. The van der Waals surface area contributed by atoms with E-state index in [0.29, 0.717) is 32.0 Å². The number of halogens is 1. The number of amides is 1. The zero-order valence-electron chi connectivity index (χ0n) is 11.9. The van der Waals surface area contributed by atoms with Gasteiger partial charge in [0, 0.05) is 26.1 Å². The van der Waals surface area contributed by atoms with Gasteiger partial charge in [0.15, 0.2) is 0 Å². The lowest BCUT2D eigenvalue weighted by molar-refractivity contribution is -0.130. The number of aryl methyl sites for hydroxylation is 2. The van der Waals surface area contributed by atoms with Crippen LogP contribution in [0.15, 0.2) is 18.2 Å². The number of methoxy groups -OCH3 is 1. The molecule has 106 valence electrons. The van der Waals surface area contributed by atoms with Crippen molar-refractivity contribution < 1.29 is 9.53 Å². The van der Waals surface area contributed by atoms with Crippen LogP contribution in [0.4, 0.5) is 0 Å². The van der Waals surface area contributed by atoms with Crippen LogP contribution in [0.3, 0.4) is 0 Å². The van der Waals surface area contributed by atoms with Crippen molar-refractivity contribution in [3.63, 3.8) is 0 Å². The van der Waals surface area contributed by atoms with Crippen molar-refractivity contribution in [3.8, 4) is 0 Å². The van der Waals surface area contributed by atoms with Gasteiger partial charge in [-0.25, -0.2) is 0 Å². The highest BCUT2D eigenvalue weighted by atomic mass is 35.5. The van der Waals surface area contributed by atoms with Crippen molar-refractivity contribution in [3.05, 3.63) is 34.9 Å². The van der Waals surface area contributed by atoms with Crippen LogP contribution >= 0.6 is 11.6 Å². The Hall–Kier alpha value is -1.06. The predicted molar refractivity (Wildman–Crippen MR) is 78.8 cm³/mol. The van der Waals surface area contributed by atoms with Crippen molar-refractivity contribution in [2.24, 2.45) is 0 Å². The molecule has 3 nitrogen and oxygen atoms in total. The van der Waals surface area contributed by atoms with Gasteiger partial charge in [0.2, 0.25) is 5.91 Å². The molecule has 1 aromatic carbocycles. The molecule has 0 N–H and O–H groups in total. The molecule has 0 heterocycles. The summed E-state index contributed by atoms with van der Waals surface area (Å²) in [7, 11) is 1.63. The fourth-order valence-electron chi connectivity index (χ4n) is 1.93. The molecule has 0 aliphatic heterocycles. The molecule has 0 unspecified atom stereocenters. The summed E-state index contributed by atoms with van der Waals surface area (Å²) >= 11 is 5.74. The molecular formula is C15H22ClNO2. The standard InChI is InChI=1S/C15H22ClNO2/c1-12-4-5-13(2)14(10-12)11-15(18)17(7-6-16)8-9-19-3/h4-5,10H,6-9,11H2,1-3H3. The summed E-state index contributed by atoms with van der Waals surface area (Å²) in [5.74, 6) is 0.550. The van der Waals surface area contributed by atoms with Crippen LogP contribution in [0.5, 0.6) is 0 Å². The van der Waals surface area contributed by atoms with Crippen LogP contribution in [0.25, 0.3) is 0 Å². The topological polar surface area (TPSA) is 29.5 Å². The summed E-state index contributed by atoms with van der Waals surface area (Å²) < 4.78 is 5.02. The van der Waals surface area contributed by atoms with E-state index >= 15 is 0 Å². The van der Waals surface area contributed by atoms with Gasteiger partial charge in [0.25, 0.3) is 0 Å². The number of carbonyl (C=O) groups excluding carboxylic acids is 1. The number of hydrogen-bond acceptors (Lipinski definition) is 2. The van der Waals surface area contributed by atoms with E-state index in [1.807, 2.05) is 13.8 Å². The maximum atomic E-state index is 12.3. The average molecular weight is 284 g/mol. The normalized spacial score (nSPS) is 10.5. The molecule has 0 saturated carbocycles. The van der Waals surface area contributed by atoms with Crippen LogP contribution < -0.4 is 0 Å². The number of alkyl halides is 1. The average Bonchev–Trinajstić information content (AvgIpc) is 2.38. The van der Waals surface area contributed by atoms with Crippen molar-refractivity contribution in [2.45, 2.75) is 20.3 Å². The molecule has 19 heavy (non-hydrogen) atoms. The molecule has 1 rings (SSSR count). The number of hydrogen-bond donors (Lipinski definition) is 0. The number of ether oxygens (including phenoxy) is 1. The Bertz CT molecular complexity index is 421. The first-order valence-corrected chi connectivity index (χ1v) is 7.00. The number of benzene rings is 1. The van der Waals surface area contributed by atoms with Gasteiger partial charge in [0.05, 0.1) is 13.0 Å². The Labute approximate surface area is 120 Å². The molecule has 0 radical (unpaired) electrons. The number of rotatable bonds is 7. The third-order valence-corrected chi connectivity index (χ3v) is 3.29. The summed E-state index contributed by atoms with van der Waals surface area (Å²) in [6.07, 6.45) is 0.425. The van der Waals surface area contributed by atoms with E-state index in [2.05, 4.69) is 18.2 Å². The summed E-state index contributed by atoms with van der Waals surface area (Å²) in [4.78, 5) is 14.0. The van der Waals surface area contributed by atoms with E-state index in [4.69, 9.17) is 16.3 Å². The highest BCUT2D eigenvalue weighted by Gasteiger charge is 2.14. The van der Waals surface area contributed by atoms with Crippen LogP contribution in [-0.4, -0.2) is 43.5 Å². The maximum absolute atomic E-state index is 12.3. The zero-order valence-corrected chi connectivity index (χ0v) is 12.7. The van der Waals surface area contributed by atoms with E-state index in [1.54, 1.807) is 12.0 Å². The van der Waals surface area contributed by atoms with Crippen LogP contribution in [0.1, 0.15) is 16.7 Å². The Morgan fingerprint density at radius 3 is 2.68 bits per heavy atom. The second-order valence-corrected chi connectivity index (χ2v) is 5.05. The van der Waals surface area contributed by atoms with E-state index < -0.39 is 0 Å². The SMILES string of the molecule is COCCN(CCCl)C(=O)Cc1cc(C)ccc1C. The molecule has 0 bridgehead atoms. The molecule has 1 aromatic rings. The number of nitrogens with zero attached hydrogens (tertiary/aromatic N) is 1. The molecular weight excluding hydrogens is 262 g/mol. The van der Waals surface area contributed by atoms with E-state index in [9.17, 15) is 4.79 Å². The first-order valence-electron chi connectivity index (χ1n) is 6.47. The quantitative estimate of drug-likeness (QED) is 0.720. The third-order valence-electron chi connectivity index (χ3n) is 3.12. The smallest absolute Gasteiger partial charge is 0.227 e. The van der Waals surface area contributed by atoms with Gasteiger partial charge < -0.3 is 9.64 Å². The van der Waals surface area contributed by atoms with Crippen LogP contribution in [-0.2, 0) is 16.0 Å². The van der Waals surface area contributed by atoms with Crippen molar-refractivity contribution >= 4 is 17.5 Å². The van der Waals surface area contributed by atoms with Gasteiger partial charge in [0.1, 0.15) is 0 Å². The predicted octanol–water partition coefficient (Wildman–Crippen LogP) is 2.56. The van der Waals surface area contributed by atoms with Gasteiger partial charge in [-0.3, -0.25) is 4.79 Å². The molecule has 1 amide bonds. The Kier molecular flexibility index (Phi) is 6.89. The van der Waals surface area contributed by atoms with Crippen molar-refractivity contribution in [2.75, 3.05) is 32.7 Å². The molecule has 0 spiro atoms. The maximum Gasteiger partial charge on any atom is 0.227 e. The summed E-state index contributed by atoms with van der Waals surface area (Å²) in [5.41, 5.74) is 3.41. The fourth-order valence-corrected chi connectivity index (χ4v) is 2.13. The molecule has 0 aromatic heterocycles. The third kappa shape index (κ3) is 5.21. The minimum atomic E-state index is 0.103. The van der Waals surface area contributed by atoms with Crippen LogP contribution in [0.2, 0.25) is 0 Å². The van der Waals surface area contributed by atoms with Gasteiger partial charge in [-0.2, -0.15) is 0 Å². The molecule has 0 fully saturated rings. The number of carbonyl (C=O) groups is 1. The van der Waals surface area contributed by atoms with Gasteiger partial charge in [-0.1, -0.05) is 23.8 Å². The lowest BCUT2D eigenvalue weighted by atomic mass is 10.0. The van der Waals surface area contributed by atoms with Crippen molar-refractivity contribution in [1.82, 2.24) is 4.90 Å². The van der Waals surface area contributed by atoms with Gasteiger partial charge >= 0.3 is 0 Å². The molecule has 0 aliphatic rings. The monoisotopic (exact) mass is 283 g/mol. The molecule has 0 saturated heterocycles. The largest absolute Gasteiger partial charge is 0.383 e. The first-order chi connectivity index (χ1) is 9.08. The lowest BCUT2D eigenvalue weighted by Crippen LogP contribution is -2.36. The highest BCUT2D eigenvalue weighted by molar-refractivity contribution is 6.18. The van der Waals surface area contributed by atoms with E-state index in [1.165, 1.54) is 5.56 Å². The second-order valence-electron chi connectivity index (χ2n) is 4.67. The van der Waals surface area contributed by atoms with Gasteiger partial charge in [-0.15, -0.1) is 11.6 Å². The Balaban J connectivity index is 2.71. The zero-order chi connectivity index (χ0) is 14.3. The summed E-state index contributed by atoms with van der Waals surface area (Å²) in [6.45, 7) is 5.76. The first kappa shape index (κ1) is 16.0. The minimum absolute atomic E-state index is 0.103. The van der Waals surface area contributed by atoms with E-state index in [-0.39, 0.29) is 5.91 Å². The highest BCUT2D eigenvalue weighted by Crippen LogP contribution is 2.12. The van der Waals surface area contributed by atoms with Crippen molar-refractivity contribution in [1.29, 1.82) is 0 Å². The second kappa shape index (κ2) is 8.18.